The maximum atomic E-state index is 10.2. The second-order valence-corrected chi connectivity index (χ2v) is 9.18. The maximum absolute atomic E-state index is 10.2. The molecule has 2 aromatic heterocycles. The van der Waals surface area contributed by atoms with E-state index in [0.29, 0.717) is 25.1 Å². The van der Waals surface area contributed by atoms with Gasteiger partial charge in [0.2, 0.25) is 6.41 Å². The Kier molecular flexibility index (Phi) is 37.7. The van der Waals surface area contributed by atoms with E-state index < -0.39 is 0 Å². The van der Waals surface area contributed by atoms with Gasteiger partial charge in [-0.05, 0) is 39.8 Å². The number of β-amino-alcohol motifs (C(OH)–C–C–N with tert-alkyl or cyclic N) is 1. The van der Waals surface area contributed by atoms with Crippen LogP contribution in [0.2, 0.25) is 0 Å². The highest BCUT2D eigenvalue weighted by Crippen LogP contribution is 2.23. The number of nitrogens with zero attached hydrogens (tertiary/aromatic N) is 3. The Morgan fingerprint density at radius 3 is 2.10 bits per heavy atom. The molecule has 42 heavy (non-hydrogen) atoms. The SMILES string of the molecule is C=C/C(=C\C=C(/C)CNC=O)c1scnc1C.CC.CC.CC.CCC.CN1CCC(O)C1.Cc1cc(CC=O)on1. The summed E-state index contributed by atoms with van der Waals surface area (Å²) in [7, 11) is 2.02. The summed E-state index contributed by atoms with van der Waals surface area (Å²) in [6.45, 7) is 28.3. The summed E-state index contributed by atoms with van der Waals surface area (Å²) >= 11 is 1.60. The maximum Gasteiger partial charge on any atom is 0.207 e. The molecule has 1 unspecified atom stereocenters. The molecular weight excluding hydrogens is 548 g/mol. The van der Waals surface area contributed by atoms with Crippen LogP contribution >= 0.6 is 11.3 Å². The number of hydrogen-bond donors (Lipinski definition) is 2. The first kappa shape index (κ1) is 46.1. The molecule has 0 saturated carbocycles. The van der Waals surface area contributed by atoms with Gasteiger partial charge in [0.15, 0.2) is 0 Å². The number of carbonyl (C=O) groups is 2. The van der Waals surface area contributed by atoms with Gasteiger partial charge in [-0.2, -0.15) is 0 Å². The quantitative estimate of drug-likeness (QED) is 0.234. The minimum Gasteiger partial charge on any atom is -0.392 e. The van der Waals surface area contributed by atoms with E-state index in [0.717, 1.165) is 53.2 Å². The van der Waals surface area contributed by atoms with Gasteiger partial charge in [0.1, 0.15) is 12.0 Å². The molecule has 0 bridgehead atoms. The lowest BCUT2D eigenvalue weighted by molar-refractivity contribution is -0.109. The summed E-state index contributed by atoms with van der Waals surface area (Å²) in [5.41, 5.74) is 5.78. The first-order valence-electron chi connectivity index (χ1n) is 15.0. The summed E-state index contributed by atoms with van der Waals surface area (Å²) in [6, 6.07) is 1.74. The highest BCUT2D eigenvalue weighted by Gasteiger charge is 2.15. The van der Waals surface area contributed by atoms with E-state index in [2.05, 4.69) is 40.8 Å². The molecule has 2 N–H and O–H groups in total. The molecule has 3 heterocycles. The third-order valence-corrected chi connectivity index (χ3v) is 5.54. The molecule has 242 valence electrons. The molecule has 1 saturated heterocycles. The number of allylic oxidation sites excluding steroid dienone is 4. The van der Waals surface area contributed by atoms with Crippen molar-refractivity contribution < 1.29 is 19.2 Å². The molecule has 1 aliphatic heterocycles. The summed E-state index contributed by atoms with van der Waals surface area (Å²) in [5.74, 6) is 0.627. The number of likely N-dealkylation sites (N-methyl/N-ethyl adjacent to an activating group) is 1. The second kappa shape index (κ2) is 34.3. The number of aryl methyl sites for hydroxylation is 2. The van der Waals surface area contributed by atoms with Crippen molar-refractivity contribution in [2.24, 2.45) is 0 Å². The number of aromatic nitrogens is 2. The van der Waals surface area contributed by atoms with E-state index in [1.807, 2.05) is 93.1 Å². The summed E-state index contributed by atoms with van der Waals surface area (Å²) in [4.78, 5) is 27.5. The molecule has 0 aromatic carbocycles. The number of nitrogens with one attached hydrogen (secondary N) is 1. The van der Waals surface area contributed by atoms with Crippen molar-refractivity contribution in [2.45, 2.75) is 102 Å². The van der Waals surface area contributed by atoms with E-state index in [1.54, 1.807) is 17.4 Å². The van der Waals surface area contributed by atoms with Crippen LogP contribution in [0.15, 0.2) is 46.5 Å². The fourth-order valence-corrected chi connectivity index (χ4v) is 3.64. The van der Waals surface area contributed by atoms with Crippen LogP contribution in [0.4, 0.5) is 0 Å². The molecule has 1 amide bonds. The number of aliphatic hydroxyl groups excluding tert-OH is 1. The Hall–Kier alpha value is -2.88. The summed E-state index contributed by atoms with van der Waals surface area (Å²) in [6.07, 6.45) is 9.75. The fraction of sp³-hybridized carbons (Fsp3) is 0.576. The van der Waals surface area contributed by atoms with E-state index in [4.69, 9.17) is 9.63 Å². The number of amides is 1. The highest BCUT2D eigenvalue weighted by molar-refractivity contribution is 7.11. The lowest BCUT2D eigenvalue weighted by atomic mass is 10.1. The molecule has 3 rings (SSSR count). The zero-order valence-corrected chi connectivity index (χ0v) is 29.3. The van der Waals surface area contributed by atoms with Crippen LogP contribution in [0.25, 0.3) is 5.57 Å². The fourth-order valence-electron chi connectivity index (χ4n) is 2.82. The Morgan fingerprint density at radius 2 is 1.76 bits per heavy atom. The first-order chi connectivity index (χ1) is 20.2. The topological polar surface area (TPSA) is 109 Å². The Bertz CT molecular complexity index is 944. The number of rotatable bonds is 8. The van der Waals surface area contributed by atoms with Gasteiger partial charge in [-0.25, -0.2) is 4.98 Å². The Labute approximate surface area is 261 Å². The van der Waals surface area contributed by atoms with Crippen molar-refractivity contribution in [3.8, 4) is 0 Å². The van der Waals surface area contributed by atoms with E-state index in [-0.39, 0.29) is 6.10 Å². The first-order valence-corrected chi connectivity index (χ1v) is 15.9. The van der Waals surface area contributed by atoms with Crippen LogP contribution < -0.4 is 5.32 Å². The second-order valence-electron chi connectivity index (χ2n) is 8.32. The van der Waals surface area contributed by atoms with Gasteiger partial charge < -0.3 is 24.6 Å². The average Bonchev–Trinajstić information content (AvgIpc) is 3.73. The highest BCUT2D eigenvalue weighted by atomic mass is 32.1. The van der Waals surface area contributed by atoms with Gasteiger partial charge >= 0.3 is 0 Å². The Morgan fingerprint density at radius 1 is 1.17 bits per heavy atom. The van der Waals surface area contributed by atoms with Crippen molar-refractivity contribution >= 4 is 29.6 Å². The van der Waals surface area contributed by atoms with Gasteiger partial charge in [0.25, 0.3) is 0 Å². The molecule has 0 spiro atoms. The van der Waals surface area contributed by atoms with E-state index in [9.17, 15) is 9.59 Å². The number of likely N-dealkylation sites (tertiary alicyclic amines) is 1. The largest absolute Gasteiger partial charge is 0.392 e. The van der Waals surface area contributed by atoms with Gasteiger partial charge in [0.05, 0.1) is 34.3 Å². The van der Waals surface area contributed by atoms with Crippen LogP contribution in [0.1, 0.15) is 97.2 Å². The number of thiazole rings is 1. The number of carbonyl (C=O) groups excluding carboxylic acids is 2. The molecule has 1 fully saturated rings. The minimum absolute atomic E-state index is 0.0509. The lowest BCUT2D eigenvalue weighted by Gasteiger charge is -2.02. The van der Waals surface area contributed by atoms with Crippen LogP contribution in [0, 0.1) is 13.8 Å². The molecule has 0 aliphatic carbocycles. The summed E-state index contributed by atoms with van der Waals surface area (Å²) < 4.78 is 4.72. The van der Waals surface area contributed by atoms with Crippen molar-refractivity contribution in [3.63, 3.8) is 0 Å². The molecule has 1 aliphatic rings. The predicted molar refractivity (Wildman–Crippen MR) is 182 cm³/mol. The molecule has 0 radical (unpaired) electrons. The normalized spacial score (nSPS) is 13.6. The predicted octanol–water partition coefficient (Wildman–Crippen LogP) is 7.62. The van der Waals surface area contributed by atoms with Crippen LogP contribution in [0.3, 0.4) is 0 Å². The third-order valence-electron chi connectivity index (χ3n) is 4.57. The number of aliphatic hydroxyl groups is 1. The van der Waals surface area contributed by atoms with Gasteiger partial charge in [-0.3, -0.25) is 4.79 Å². The van der Waals surface area contributed by atoms with Crippen molar-refractivity contribution in [2.75, 3.05) is 26.7 Å². The molecule has 9 heteroatoms. The van der Waals surface area contributed by atoms with Crippen LogP contribution in [-0.4, -0.2) is 65.6 Å². The zero-order chi connectivity index (χ0) is 33.3. The van der Waals surface area contributed by atoms with Crippen molar-refractivity contribution in [1.82, 2.24) is 20.4 Å². The van der Waals surface area contributed by atoms with Crippen LogP contribution in [0.5, 0.6) is 0 Å². The molecular formula is C33H60N4O4S. The minimum atomic E-state index is -0.0509. The van der Waals surface area contributed by atoms with Crippen molar-refractivity contribution in [3.05, 3.63) is 64.0 Å². The van der Waals surface area contributed by atoms with Gasteiger partial charge in [0, 0.05) is 25.7 Å². The van der Waals surface area contributed by atoms with E-state index >= 15 is 0 Å². The monoisotopic (exact) mass is 608 g/mol. The summed E-state index contributed by atoms with van der Waals surface area (Å²) in [5, 5.41) is 15.1. The lowest BCUT2D eigenvalue weighted by Crippen LogP contribution is -2.15. The number of aldehydes is 1. The average molecular weight is 609 g/mol. The van der Waals surface area contributed by atoms with E-state index in [1.165, 1.54) is 6.42 Å². The standard InChI is InChI=1S/C13H16N2OS.C6H7NO2.C5H11NO.C3H8.3C2H6/c1-4-12(13-11(3)15-9-17-13)6-5-10(2)7-14-8-16;1-5-4-6(2-3-8)9-7-5;1-6-3-2-5(7)4-6;1-3-2;3*1-2/h4-6,8-9H,1,7H2,2-3H3,(H,14,16);3-4H,2H2,1H3;5,7H,2-4H2,1H3;3H2,1-2H3;3*1-2H3/b10-5+,12-6+;;;;;;. The van der Waals surface area contributed by atoms with Gasteiger partial charge in [-0.1, -0.05) is 97.3 Å². The molecule has 2 aromatic rings. The third kappa shape index (κ3) is 26.0. The zero-order valence-electron chi connectivity index (χ0n) is 28.5. The van der Waals surface area contributed by atoms with Gasteiger partial charge in [-0.15, -0.1) is 11.3 Å². The number of hydrogen-bond acceptors (Lipinski definition) is 8. The molecule has 8 nitrogen and oxygen atoms in total. The van der Waals surface area contributed by atoms with Crippen LogP contribution in [-0.2, 0) is 16.0 Å². The molecule has 1 atom stereocenters. The van der Waals surface area contributed by atoms with Crippen molar-refractivity contribution in [1.29, 1.82) is 0 Å². The Balaban J connectivity index is -0.000000243. The smallest absolute Gasteiger partial charge is 0.207 e.